The molecule has 1 nitrogen and oxygen atoms in total. The molecule has 0 heterocycles. The molecule has 17 heavy (non-hydrogen) atoms. The van der Waals surface area contributed by atoms with E-state index < -0.39 is 0 Å². The van der Waals surface area contributed by atoms with Gasteiger partial charge in [0, 0.05) is 0 Å². The Labute approximate surface area is 105 Å². The second kappa shape index (κ2) is 7.72. The summed E-state index contributed by atoms with van der Waals surface area (Å²) in [6, 6.07) is 10.2. The maximum Gasteiger partial charge on any atom is 0.112 e. The van der Waals surface area contributed by atoms with Crippen LogP contribution in [0.4, 0.5) is 0 Å². The van der Waals surface area contributed by atoms with Crippen LogP contribution in [-0.2, 0) is 11.3 Å². The SMILES string of the molecule is CC(C)=C(C)CCC=COCc1ccccc1. The van der Waals surface area contributed by atoms with Crippen LogP contribution in [0.1, 0.15) is 39.2 Å². The average molecular weight is 230 g/mol. The molecule has 1 heteroatoms. The van der Waals surface area contributed by atoms with E-state index in [2.05, 4.69) is 39.0 Å². The molecule has 0 radical (unpaired) electrons. The lowest BCUT2D eigenvalue weighted by Gasteiger charge is -2.02. The summed E-state index contributed by atoms with van der Waals surface area (Å²) in [6.07, 6.45) is 6.07. The summed E-state index contributed by atoms with van der Waals surface area (Å²) in [7, 11) is 0. The predicted molar refractivity (Wildman–Crippen MR) is 73.7 cm³/mol. The van der Waals surface area contributed by atoms with E-state index in [4.69, 9.17) is 4.74 Å². The summed E-state index contributed by atoms with van der Waals surface area (Å²) in [5, 5.41) is 0. The van der Waals surface area contributed by atoms with Crippen LogP contribution in [-0.4, -0.2) is 0 Å². The van der Waals surface area contributed by atoms with E-state index in [-0.39, 0.29) is 0 Å². The molecule has 0 unspecified atom stereocenters. The highest BCUT2D eigenvalue weighted by molar-refractivity contribution is 5.13. The number of rotatable bonds is 6. The van der Waals surface area contributed by atoms with Gasteiger partial charge in [-0.2, -0.15) is 0 Å². The van der Waals surface area contributed by atoms with Crippen molar-refractivity contribution in [2.24, 2.45) is 0 Å². The molecule has 0 atom stereocenters. The highest BCUT2D eigenvalue weighted by atomic mass is 16.5. The minimum atomic E-state index is 0.652. The van der Waals surface area contributed by atoms with Gasteiger partial charge in [0.25, 0.3) is 0 Å². The fourth-order valence-corrected chi connectivity index (χ4v) is 1.40. The van der Waals surface area contributed by atoms with Crippen molar-refractivity contribution in [2.75, 3.05) is 0 Å². The number of allylic oxidation sites excluding steroid dienone is 3. The third-order valence-electron chi connectivity index (χ3n) is 2.82. The summed E-state index contributed by atoms with van der Waals surface area (Å²) in [5.74, 6) is 0. The third kappa shape index (κ3) is 5.96. The average Bonchev–Trinajstić information content (AvgIpc) is 2.34. The third-order valence-corrected chi connectivity index (χ3v) is 2.82. The van der Waals surface area contributed by atoms with E-state index in [1.807, 2.05) is 24.5 Å². The second-order valence-electron chi connectivity index (χ2n) is 4.49. The highest BCUT2D eigenvalue weighted by Gasteiger charge is 1.91. The number of ether oxygens (including phenoxy) is 1. The zero-order chi connectivity index (χ0) is 12.5. The molecule has 0 saturated carbocycles. The first-order valence-corrected chi connectivity index (χ1v) is 6.13. The lowest BCUT2D eigenvalue weighted by molar-refractivity contribution is 0.235. The molecule has 0 saturated heterocycles. The van der Waals surface area contributed by atoms with Crippen LogP contribution < -0.4 is 0 Å². The lowest BCUT2D eigenvalue weighted by Crippen LogP contribution is -1.85. The fourth-order valence-electron chi connectivity index (χ4n) is 1.40. The van der Waals surface area contributed by atoms with Gasteiger partial charge in [-0.3, -0.25) is 0 Å². The van der Waals surface area contributed by atoms with Crippen molar-refractivity contribution in [3.63, 3.8) is 0 Å². The molecule has 0 amide bonds. The minimum Gasteiger partial charge on any atom is -0.497 e. The first-order chi connectivity index (χ1) is 8.20. The molecule has 0 aliphatic rings. The Kier molecular flexibility index (Phi) is 6.16. The predicted octanol–water partition coefficient (Wildman–Crippen LogP) is 4.85. The van der Waals surface area contributed by atoms with Gasteiger partial charge in [-0.15, -0.1) is 0 Å². The molecule has 0 bridgehead atoms. The van der Waals surface area contributed by atoms with Crippen LogP contribution in [0.2, 0.25) is 0 Å². The quantitative estimate of drug-likeness (QED) is 0.501. The van der Waals surface area contributed by atoms with Crippen LogP contribution >= 0.6 is 0 Å². The molecule has 0 spiro atoms. The molecule has 0 aliphatic carbocycles. The molecule has 1 aromatic rings. The minimum absolute atomic E-state index is 0.652. The van der Waals surface area contributed by atoms with Gasteiger partial charge < -0.3 is 4.74 Å². The summed E-state index contributed by atoms with van der Waals surface area (Å²) >= 11 is 0. The molecule has 0 aliphatic heterocycles. The van der Waals surface area contributed by atoms with Crippen molar-refractivity contribution in [3.8, 4) is 0 Å². The Morgan fingerprint density at radius 2 is 1.82 bits per heavy atom. The molecule has 92 valence electrons. The molecule has 1 aromatic carbocycles. The van der Waals surface area contributed by atoms with Gasteiger partial charge in [0.1, 0.15) is 6.61 Å². The van der Waals surface area contributed by atoms with Crippen LogP contribution in [0, 0.1) is 0 Å². The van der Waals surface area contributed by atoms with Crippen LogP contribution in [0.25, 0.3) is 0 Å². The largest absolute Gasteiger partial charge is 0.497 e. The lowest BCUT2D eigenvalue weighted by atomic mass is 10.1. The van der Waals surface area contributed by atoms with Crippen molar-refractivity contribution in [1.29, 1.82) is 0 Å². The number of hydrogen-bond donors (Lipinski definition) is 0. The van der Waals surface area contributed by atoms with Gasteiger partial charge in [-0.1, -0.05) is 41.5 Å². The van der Waals surface area contributed by atoms with E-state index in [0.29, 0.717) is 6.61 Å². The van der Waals surface area contributed by atoms with Crippen LogP contribution in [0.5, 0.6) is 0 Å². The van der Waals surface area contributed by atoms with E-state index in [1.165, 1.54) is 16.7 Å². The second-order valence-corrected chi connectivity index (χ2v) is 4.49. The summed E-state index contributed by atoms with van der Waals surface area (Å²) in [4.78, 5) is 0. The van der Waals surface area contributed by atoms with Gasteiger partial charge in [-0.25, -0.2) is 0 Å². The fraction of sp³-hybridized carbons (Fsp3) is 0.375. The van der Waals surface area contributed by atoms with Crippen molar-refractivity contribution in [3.05, 3.63) is 59.4 Å². The molecule has 1 rings (SSSR count). The van der Waals surface area contributed by atoms with E-state index in [0.717, 1.165) is 12.8 Å². The Bertz CT molecular complexity index is 370. The van der Waals surface area contributed by atoms with Gasteiger partial charge in [0.05, 0.1) is 6.26 Å². The van der Waals surface area contributed by atoms with Crippen molar-refractivity contribution >= 4 is 0 Å². The molecule has 0 fully saturated rings. The van der Waals surface area contributed by atoms with Gasteiger partial charge in [0.2, 0.25) is 0 Å². The zero-order valence-corrected chi connectivity index (χ0v) is 11.1. The van der Waals surface area contributed by atoms with E-state index in [1.54, 1.807) is 0 Å². The van der Waals surface area contributed by atoms with Gasteiger partial charge in [-0.05, 0) is 45.3 Å². The normalized spacial score (nSPS) is 10.5. The Hall–Kier alpha value is -1.50. The molecular formula is C16H22O. The number of hydrogen-bond acceptors (Lipinski definition) is 1. The smallest absolute Gasteiger partial charge is 0.112 e. The Balaban J connectivity index is 2.17. The zero-order valence-electron chi connectivity index (χ0n) is 11.1. The van der Waals surface area contributed by atoms with Crippen LogP contribution in [0.3, 0.4) is 0 Å². The molecular weight excluding hydrogens is 208 g/mol. The number of benzene rings is 1. The summed E-state index contributed by atoms with van der Waals surface area (Å²) in [6.45, 7) is 7.16. The first-order valence-electron chi connectivity index (χ1n) is 6.13. The molecule has 0 aromatic heterocycles. The topological polar surface area (TPSA) is 9.23 Å². The van der Waals surface area contributed by atoms with Crippen molar-refractivity contribution < 1.29 is 4.74 Å². The van der Waals surface area contributed by atoms with Gasteiger partial charge >= 0.3 is 0 Å². The van der Waals surface area contributed by atoms with Crippen molar-refractivity contribution in [2.45, 2.75) is 40.2 Å². The maximum atomic E-state index is 5.47. The monoisotopic (exact) mass is 230 g/mol. The van der Waals surface area contributed by atoms with Crippen LogP contribution in [0.15, 0.2) is 53.8 Å². The molecule has 0 N–H and O–H groups in total. The maximum absolute atomic E-state index is 5.47. The van der Waals surface area contributed by atoms with E-state index >= 15 is 0 Å². The van der Waals surface area contributed by atoms with Crippen molar-refractivity contribution in [1.82, 2.24) is 0 Å². The van der Waals surface area contributed by atoms with Gasteiger partial charge in [0.15, 0.2) is 0 Å². The summed E-state index contributed by atoms with van der Waals surface area (Å²) < 4.78 is 5.47. The van der Waals surface area contributed by atoms with E-state index in [9.17, 15) is 0 Å². The summed E-state index contributed by atoms with van der Waals surface area (Å²) in [5.41, 5.74) is 4.10. The first kappa shape index (κ1) is 13.6. The Morgan fingerprint density at radius 1 is 1.12 bits per heavy atom. The highest BCUT2D eigenvalue weighted by Crippen LogP contribution is 2.10. The standard InChI is InChI=1S/C16H22O/c1-14(2)15(3)9-7-8-12-17-13-16-10-5-4-6-11-16/h4-6,8,10-12H,7,9,13H2,1-3H3. The Morgan fingerprint density at radius 3 is 2.47 bits per heavy atom.